The Balaban J connectivity index is 0.00000121. The molecule has 0 aromatic heterocycles. The van der Waals surface area contributed by atoms with Gasteiger partial charge in [-0.15, -0.1) is 6.26 Å². The summed E-state index contributed by atoms with van der Waals surface area (Å²) in [5.74, 6) is 0. The van der Waals surface area contributed by atoms with Gasteiger partial charge in [-0.25, -0.2) is 0 Å². The van der Waals surface area contributed by atoms with Crippen molar-refractivity contribution in [2.45, 2.75) is 13.8 Å². The first kappa shape index (κ1) is 12.4. The van der Waals surface area contributed by atoms with Crippen LogP contribution in [0.5, 0.6) is 0 Å². The van der Waals surface area contributed by atoms with Gasteiger partial charge in [0.2, 0.25) is 0 Å². The van der Waals surface area contributed by atoms with Crippen molar-refractivity contribution in [3.8, 4) is 0 Å². The molecule has 0 aliphatic heterocycles. The summed E-state index contributed by atoms with van der Waals surface area (Å²) in [6.07, 6.45) is 2.41. The summed E-state index contributed by atoms with van der Waals surface area (Å²) in [4.78, 5) is 0. The van der Waals surface area contributed by atoms with Crippen LogP contribution < -0.4 is 56.5 Å². The molecule has 1 nitrogen and oxygen atoms in total. The van der Waals surface area contributed by atoms with Gasteiger partial charge in [-0.3, -0.25) is 0 Å². The summed E-state index contributed by atoms with van der Waals surface area (Å²) < 4.78 is 0. The van der Waals surface area contributed by atoms with Gasteiger partial charge in [0.15, 0.2) is 0 Å². The van der Waals surface area contributed by atoms with Crippen molar-refractivity contribution < 1.29 is 56.5 Å². The predicted molar refractivity (Wildman–Crippen MR) is 45.0 cm³/mol. The maximum atomic E-state index is 10.2. The maximum Gasteiger partial charge on any atom is 1.00 e. The van der Waals surface area contributed by atoms with Crippen molar-refractivity contribution in [2.24, 2.45) is 0 Å². The topological polar surface area (TPSA) is 23.1 Å². The zero-order valence-electron chi connectivity index (χ0n) is 7.79. The van der Waals surface area contributed by atoms with E-state index in [1.165, 1.54) is 5.56 Å². The fourth-order valence-corrected chi connectivity index (χ4v) is 1.01. The minimum absolute atomic E-state index is 0. The molecule has 0 unspecified atom stereocenters. The molecule has 0 bridgehead atoms. The summed E-state index contributed by atoms with van der Waals surface area (Å²) in [5, 5.41) is 10.2. The molecule has 0 atom stereocenters. The van der Waals surface area contributed by atoms with Gasteiger partial charge in [0.1, 0.15) is 0 Å². The van der Waals surface area contributed by atoms with Crippen LogP contribution in [0.15, 0.2) is 24.5 Å². The quantitative estimate of drug-likeness (QED) is 0.392. The number of benzene rings is 1. The minimum atomic E-state index is 0. The molecular formula is C10H11KO. The minimum Gasteiger partial charge on any atom is -0.878 e. The molecule has 0 saturated carbocycles. The van der Waals surface area contributed by atoms with E-state index in [2.05, 4.69) is 0 Å². The molecule has 58 valence electrons. The number of hydrogen-bond donors (Lipinski definition) is 0. The van der Waals surface area contributed by atoms with Gasteiger partial charge in [0.25, 0.3) is 0 Å². The molecule has 0 amide bonds. The summed E-state index contributed by atoms with van der Waals surface area (Å²) in [7, 11) is 0. The first-order valence-electron chi connectivity index (χ1n) is 3.60. The van der Waals surface area contributed by atoms with E-state index in [0.717, 1.165) is 17.4 Å². The Morgan fingerprint density at radius 2 is 1.92 bits per heavy atom. The average molecular weight is 186 g/mol. The van der Waals surface area contributed by atoms with Gasteiger partial charge in [0, 0.05) is 0 Å². The molecule has 0 heterocycles. The zero-order valence-corrected chi connectivity index (χ0v) is 10.9. The molecule has 0 N–H and O–H groups in total. The molecule has 1 aromatic rings. The van der Waals surface area contributed by atoms with Crippen molar-refractivity contribution in [3.63, 3.8) is 0 Å². The van der Waals surface area contributed by atoms with E-state index in [-0.39, 0.29) is 51.4 Å². The second-order valence-electron chi connectivity index (χ2n) is 2.66. The van der Waals surface area contributed by atoms with E-state index >= 15 is 0 Å². The molecule has 1 aromatic carbocycles. The summed E-state index contributed by atoms with van der Waals surface area (Å²) >= 11 is 0. The smallest absolute Gasteiger partial charge is 0.878 e. The van der Waals surface area contributed by atoms with E-state index in [4.69, 9.17) is 0 Å². The Morgan fingerprint density at radius 3 is 2.50 bits per heavy atom. The van der Waals surface area contributed by atoms with Gasteiger partial charge in [0.05, 0.1) is 0 Å². The largest absolute Gasteiger partial charge is 1.00 e. The average Bonchev–Trinajstić information content (AvgIpc) is 1.98. The predicted octanol–water partition coefficient (Wildman–Crippen LogP) is -1.36. The summed E-state index contributed by atoms with van der Waals surface area (Å²) in [5.41, 5.74) is 3.34. The van der Waals surface area contributed by atoms with Gasteiger partial charge < -0.3 is 5.11 Å². The molecule has 0 saturated heterocycles. The summed E-state index contributed by atoms with van der Waals surface area (Å²) in [6, 6.07) is 6.06. The number of hydrogen-bond acceptors (Lipinski definition) is 1. The van der Waals surface area contributed by atoms with Crippen LogP contribution in [0.4, 0.5) is 0 Å². The van der Waals surface area contributed by atoms with Crippen LogP contribution >= 0.6 is 0 Å². The Morgan fingerprint density at radius 1 is 1.25 bits per heavy atom. The molecule has 0 radical (unpaired) electrons. The fourth-order valence-electron chi connectivity index (χ4n) is 1.01. The molecular weight excluding hydrogens is 175 g/mol. The van der Waals surface area contributed by atoms with Crippen LogP contribution in [-0.4, -0.2) is 0 Å². The van der Waals surface area contributed by atoms with Crippen molar-refractivity contribution >= 4 is 6.08 Å². The van der Waals surface area contributed by atoms with Crippen molar-refractivity contribution in [1.82, 2.24) is 0 Å². The second kappa shape index (κ2) is 5.94. The molecule has 2 heteroatoms. The van der Waals surface area contributed by atoms with E-state index in [0.29, 0.717) is 0 Å². The number of aryl methyl sites for hydroxylation is 2. The number of rotatable bonds is 1. The first-order valence-corrected chi connectivity index (χ1v) is 3.60. The first-order chi connectivity index (χ1) is 5.24. The van der Waals surface area contributed by atoms with Gasteiger partial charge in [-0.1, -0.05) is 29.8 Å². The monoisotopic (exact) mass is 186 g/mol. The third-order valence-electron chi connectivity index (χ3n) is 1.68. The van der Waals surface area contributed by atoms with Crippen molar-refractivity contribution in [2.75, 3.05) is 0 Å². The standard InChI is InChI=1S/C10H12O.K/c1-8-3-4-9(2)10(7-8)5-6-11;/h3-7,11H,1-2H3;/q;+1/p-1/b6-5+;. The van der Waals surface area contributed by atoms with Crippen molar-refractivity contribution in [1.29, 1.82) is 0 Å². The van der Waals surface area contributed by atoms with Gasteiger partial charge >= 0.3 is 51.4 Å². The SMILES string of the molecule is Cc1ccc(C)c(/C=C/[O-])c1.[K+]. The Labute approximate surface area is 116 Å². The third-order valence-corrected chi connectivity index (χ3v) is 1.68. The van der Waals surface area contributed by atoms with Crippen LogP contribution in [-0.2, 0) is 0 Å². The Hall–Kier alpha value is 0.396. The molecule has 0 fully saturated rings. The second-order valence-corrected chi connectivity index (χ2v) is 2.66. The fraction of sp³-hybridized carbons (Fsp3) is 0.200. The molecule has 0 aliphatic carbocycles. The van der Waals surface area contributed by atoms with Crippen LogP contribution in [0.25, 0.3) is 6.08 Å². The normalized spacial score (nSPS) is 9.83. The van der Waals surface area contributed by atoms with E-state index < -0.39 is 0 Å². The summed E-state index contributed by atoms with van der Waals surface area (Å²) in [6.45, 7) is 4.01. The molecule has 0 spiro atoms. The third kappa shape index (κ3) is 3.41. The van der Waals surface area contributed by atoms with E-state index in [9.17, 15) is 5.11 Å². The van der Waals surface area contributed by atoms with Crippen LogP contribution in [0.3, 0.4) is 0 Å². The van der Waals surface area contributed by atoms with Gasteiger partial charge in [-0.2, -0.15) is 0 Å². The molecule has 0 aliphatic rings. The van der Waals surface area contributed by atoms with Crippen LogP contribution in [0, 0.1) is 13.8 Å². The van der Waals surface area contributed by atoms with Gasteiger partial charge in [-0.05, 0) is 25.0 Å². The Bertz CT molecular complexity index is 279. The zero-order chi connectivity index (χ0) is 8.27. The van der Waals surface area contributed by atoms with Crippen LogP contribution in [0.2, 0.25) is 0 Å². The van der Waals surface area contributed by atoms with E-state index in [1.54, 1.807) is 6.08 Å². The molecule has 12 heavy (non-hydrogen) atoms. The maximum absolute atomic E-state index is 10.2. The Kier molecular flexibility index (Phi) is 6.14. The molecule has 1 rings (SSSR count). The van der Waals surface area contributed by atoms with E-state index in [1.807, 2.05) is 32.0 Å². The van der Waals surface area contributed by atoms with Crippen LogP contribution in [0.1, 0.15) is 16.7 Å². The van der Waals surface area contributed by atoms with Crippen molar-refractivity contribution in [3.05, 3.63) is 41.2 Å².